The van der Waals surface area contributed by atoms with E-state index in [1.807, 2.05) is 44.2 Å². The van der Waals surface area contributed by atoms with Crippen LogP contribution >= 0.6 is 0 Å². The quantitative estimate of drug-likeness (QED) is 0.757. The zero-order valence-corrected chi connectivity index (χ0v) is 16.5. The van der Waals surface area contributed by atoms with Gasteiger partial charge >= 0.3 is 0 Å². The van der Waals surface area contributed by atoms with Crippen molar-refractivity contribution in [1.29, 1.82) is 0 Å². The molecule has 2 aromatic carbocycles. The summed E-state index contributed by atoms with van der Waals surface area (Å²) in [4.78, 5) is 14.9. The summed E-state index contributed by atoms with van der Waals surface area (Å²) in [6.45, 7) is 4.58. The molecule has 0 saturated carbocycles. The molecule has 144 valence electrons. The molecule has 1 aliphatic heterocycles. The number of amides is 1. The Morgan fingerprint density at radius 1 is 1.11 bits per heavy atom. The second kappa shape index (κ2) is 8.13. The lowest BCUT2D eigenvalue weighted by atomic mass is 10.1. The monoisotopic (exact) mass is 387 g/mol. The maximum atomic E-state index is 13.2. The van der Waals surface area contributed by atoms with Crippen molar-refractivity contribution in [2.45, 2.75) is 26.3 Å². The second-order valence-corrected chi connectivity index (χ2v) is 9.58. The minimum Gasteiger partial charge on any atom is -0.457 e. The highest BCUT2D eigenvalue weighted by Crippen LogP contribution is 2.25. The fraction of sp³-hybridized carbons (Fsp3) is 0.381. The summed E-state index contributed by atoms with van der Waals surface area (Å²) in [6.07, 6.45) is 0.501. The fourth-order valence-corrected chi connectivity index (χ4v) is 5.03. The standard InChI is InChI=1S/C21H25NO4S/c1-16(2)14-22(18-11-12-27(24,25)15-18)21(23)17-7-6-10-20(13-17)26-19-8-4-3-5-9-19/h3-10,13,16,18H,11-12,14-15H2,1-2H3/t18-/m0/s1. The van der Waals surface area contributed by atoms with Gasteiger partial charge in [-0.1, -0.05) is 38.1 Å². The van der Waals surface area contributed by atoms with E-state index in [1.54, 1.807) is 29.2 Å². The van der Waals surface area contributed by atoms with Gasteiger partial charge in [0.2, 0.25) is 0 Å². The van der Waals surface area contributed by atoms with Gasteiger partial charge in [-0.05, 0) is 42.7 Å². The van der Waals surface area contributed by atoms with Crippen LogP contribution in [0.15, 0.2) is 54.6 Å². The highest BCUT2D eigenvalue weighted by Gasteiger charge is 2.35. The van der Waals surface area contributed by atoms with E-state index in [2.05, 4.69) is 0 Å². The number of hydrogen-bond donors (Lipinski definition) is 0. The Labute approximate surface area is 160 Å². The second-order valence-electron chi connectivity index (χ2n) is 7.35. The van der Waals surface area contributed by atoms with Crippen LogP contribution in [0.2, 0.25) is 0 Å². The number of benzene rings is 2. The maximum Gasteiger partial charge on any atom is 0.254 e. The van der Waals surface area contributed by atoms with Crippen LogP contribution in [0.1, 0.15) is 30.6 Å². The first-order valence-corrected chi connectivity index (χ1v) is 11.0. The van der Waals surface area contributed by atoms with Crippen molar-refractivity contribution < 1.29 is 17.9 Å². The molecule has 0 unspecified atom stereocenters. The van der Waals surface area contributed by atoms with Crippen LogP contribution in [0.25, 0.3) is 0 Å². The normalized spacial score (nSPS) is 18.4. The van der Waals surface area contributed by atoms with Gasteiger partial charge in [-0.3, -0.25) is 4.79 Å². The Bertz CT molecular complexity index is 893. The number of para-hydroxylation sites is 1. The predicted octanol–water partition coefficient (Wildman–Crippen LogP) is 3.76. The van der Waals surface area contributed by atoms with Crippen LogP contribution in [0.3, 0.4) is 0 Å². The molecule has 1 fully saturated rings. The molecule has 0 spiro atoms. The van der Waals surface area contributed by atoms with Crippen molar-refractivity contribution in [3.8, 4) is 11.5 Å². The molecule has 0 aliphatic carbocycles. The molecule has 0 bridgehead atoms. The van der Waals surface area contributed by atoms with Crippen LogP contribution in [0.5, 0.6) is 11.5 Å². The Morgan fingerprint density at radius 2 is 1.81 bits per heavy atom. The summed E-state index contributed by atoms with van der Waals surface area (Å²) in [6, 6.07) is 16.2. The molecule has 3 rings (SSSR count). The van der Waals surface area contributed by atoms with Gasteiger partial charge in [-0.15, -0.1) is 0 Å². The lowest BCUT2D eigenvalue weighted by Gasteiger charge is -2.30. The topological polar surface area (TPSA) is 63.7 Å². The molecule has 5 nitrogen and oxygen atoms in total. The zero-order chi connectivity index (χ0) is 19.4. The van der Waals surface area contributed by atoms with Crippen molar-refractivity contribution in [2.75, 3.05) is 18.1 Å². The maximum absolute atomic E-state index is 13.2. The van der Waals surface area contributed by atoms with E-state index < -0.39 is 9.84 Å². The molecule has 0 N–H and O–H groups in total. The molecule has 6 heteroatoms. The summed E-state index contributed by atoms with van der Waals surface area (Å²) < 4.78 is 29.6. The van der Waals surface area contributed by atoms with Gasteiger partial charge in [0.05, 0.1) is 11.5 Å². The summed E-state index contributed by atoms with van der Waals surface area (Å²) in [5.74, 6) is 1.58. The molecule has 1 saturated heterocycles. The first-order valence-electron chi connectivity index (χ1n) is 9.18. The van der Waals surface area contributed by atoms with E-state index in [1.165, 1.54) is 0 Å². The third kappa shape index (κ3) is 5.10. The van der Waals surface area contributed by atoms with Gasteiger partial charge in [0.15, 0.2) is 9.84 Å². The van der Waals surface area contributed by atoms with Crippen molar-refractivity contribution in [3.63, 3.8) is 0 Å². The van der Waals surface area contributed by atoms with Gasteiger partial charge in [0, 0.05) is 18.2 Å². The molecule has 0 aromatic heterocycles. The molecule has 1 heterocycles. The smallest absolute Gasteiger partial charge is 0.254 e. The number of sulfone groups is 1. The molecule has 27 heavy (non-hydrogen) atoms. The average molecular weight is 388 g/mol. The first-order chi connectivity index (χ1) is 12.8. The molecule has 1 amide bonds. The van der Waals surface area contributed by atoms with E-state index in [4.69, 9.17) is 4.74 Å². The van der Waals surface area contributed by atoms with E-state index in [0.29, 0.717) is 30.0 Å². The highest BCUT2D eigenvalue weighted by molar-refractivity contribution is 7.91. The van der Waals surface area contributed by atoms with Crippen LogP contribution in [0, 0.1) is 5.92 Å². The Morgan fingerprint density at radius 3 is 2.44 bits per heavy atom. The molecule has 1 atom stereocenters. The van der Waals surface area contributed by atoms with Crippen molar-refractivity contribution >= 4 is 15.7 Å². The van der Waals surface area contributed by atoms with Crippen molar-refractivity contribution in [3.05, 3.63) is 60.2 Å². The molecular formula is C21H25NO4S. The number of carbonyl (C=O) groups is 1. The fourth-order valence-electron chi connectivity index (χ4n) is 3.30. The molecular weight excluding hydrogens is 362 g/mol. The Hall–Kier alpha value is -2.34. The largest absolute Gasteiger partial charge is 0.457 e. The SMILES string of the molecule is CC(C)CN(C(=O)c1cccc(Oc2ccccc2)c1)[C@H]1CCS(=O)(=O)C1. The van der Waals surface area contributed by atoms with E-state index in [0.717, 1.165) is 0 Å². The minimum atomic E-state index is -3.06. The van der Waals surface area contributed by atoms with Crippen LogP contribution < -0.4 is 4.74 Å². The van der Waals surface area contributed by atoms with Crippen LogP contribution in [-0.2, 0) is 9.84 Å². The van der Waals surface area contributed by atoms with Gasteiger partial charge in [0.25, 0.3) is 5.91 Å². The summed E-state index contributed by atoms with van der Waals surface area (Å²) >= 11 is 0. The third-order valence-corrected chi connectivity index (χ3v) is 6.28. The van der Waals surface area contributed by atoms with Gasteiger partial charge in [-0.2, -0.15) is 0 Å². The van der Waals surface area contributed by atoms with E-state index in [9.17, 15) is 13.2 Å². The predicted molar refractivity (Wildman–Crippen MR) is 106 cm³/mol. The molecule has 0 radical (unpaired) electrons. The zero-order valence-electron chi connectivity index (χ0n) is 15.7. The third-order valence-electron chi connectivity index (χ3n) is 4.53. The molecule has 2 aromatic rings. The van der Waals surface area contributed by atoms with E-state index >= 15 is 0 Å². The minimum absolute atomic E-state index is 0.0473. The number of rotatable bonds is 6. The van der Waals surface area contributed by atoms with Gasteiger partial charge in [0.1, 0.15) is 11.5 Å². The van der Waals surface area contributed by atoms with Crippen molar-refractivity contribution in [1.82, 2.24) is 4.90 Å². The van der Waals surface area contributed by atoms with Crippen LogP contribution in [-0.4, -0.2) is 43.3 Å². The molecule has 1 aliphatic rings. The van der Waals surface area contributed by atoms with Crippen LogP contribution in [0.4, 0.5) is 0 Å². The number of carbonyl (C=O) groups excluding carboxylic acids is 1. The van der Waals surface area contributed by atoms with Gasteiger partial charge < -0.3 is 9.64 Å². The Balaban J connectivity index is 1.82. The van der Waals surface area contributed by atoms with Crippen molar-refractivity contribution in [2.24, 2.45) is 5.92 Å². The van der Waals surface area contributed by atoms with E-state index in [-0.39, 0.29) is 29.4 Å². The highest BCUT2D eigenvalue weighted by atomic mass is 32.2. The average Bonchev–Trinajstić information content (AvgIpc) is 3.00. The lowest BCUT2D eigenvalue weighted by molar-refractivity contribution is 0.0672. The lowest BCUT2D eigenvalue weighted by Crippen LogP contribution is -2.43. The summed E-state index contributed by atoms with van der Waals surface area (Å²) in [5, 5.41) is 0. The number of hydrogen-bond acceptors (Lipinski definition) is 4. The number of nitrogens with zero attached hydrogens (tertiary/aromatic N) is 1. The summed E-state index contributed by atoms with van der Waals surface area (Å²) in [7, 11) is -3.06. The summed E-state index contributed by atoms with van der Waals surface area (Å²) in [5.41, 5.74) is 0.508. The first kappa shape index (κ1) is 19.4. The van der Waals surface area contributed by atoms with Gasteiger partial charge in [-0.25, -0.2) is 8.42 Å². The Kier molecular flexibility index (Phi) is 5.85. The number of ether oxygens (including phenoxy) is 1.